The van der Waals surface area contributed by atoms with Crippen molar-refractivity contribution >= 4 is 12.1 Å². The van der Waals surface area contributed by atoms with Crippen LogP contribution in [-0.4, -0.2) is 47.9 Å². The van der Waals surface area contributed by atoms with Gasteiger partial charge in [0.05, 0.1) is 18.6 Å². The van der Waals surface area contributed by atoms with Crippen LogP contribution in [0.25, 0.3) is 0 Å². The molecular weight excluding hydrogens is 274 g/mol. The summed E-state index contributed by atoms with van der Waals surface area (Å²) in [6, 6.07) is 9.33. The fourth-order valence-electron chi connectivity index (χ4n) is 2.41. The Hall–Kier alpha value is -2.08. The molecule has 1 atom stereocenters. The molecule has 114 valence electrons. The number of nitrogens with zero attached hydrogens (tertiary/aromatic N) is 1. The third-order valence-corrected chi connectivity index (χ3v) is 3.75. The minimum Gasteiger partial charge on any atom is -0.481 e. The quantitative estimate of drug-likeness (QED) is 0.897. The van der Waals surface area contributed by atoms with Gasteiger partial charge in [-0.1, -0.05) is 30.3 Å². The van der Waals surface area contributed by atoms with Crippen molar-refractivity contribution < 1.29 is 24.2 Å². The predicted molar refractivity (Wildman–Crippen MR) is 74.8 cm³/mol. The van der Waals surface area contributed by atoms with Crippen molar-refractivity contribution in [3.05, 3.63) is 35.9 Å². The van der Waals surface area contributed by atoms with Gasteiger partial charge in [0.15, 0.2) is 0 Å². The summed E-state index contributed by atoms with van der Waals surface area (Å²) in [5, 5.41) is 9.04. The highest BCUT2D eigenvalue weighted by Gasteiger charge is 2.43. The molecule has 1 saturated heterocycles. The monoisotopic (exact) mass is 293 g/mol. The van der Waals surface area contributed by atoms with Gasteiger partial charge in [-0.15, -0.1) is 0 Å². The first-order chi connectivity index (χ1) is 10.0. The molecule has 0 aromatic heterocycles. The van der Waals surface area contributed by atoms with Gasteiger partial charge < -0.3 is 19.5 Å². The van der Waals surface area contributed by atoms with Crippen molar-refractivity contribution in [3.8, 4) is 0 Å². The maximum Gasteiger partial charge on any atom is 0.410 e. The molecule has 1 heterocycles. The van der Waals surface area contributed by atoms with E-state index >= 15 is 0 Å². The summed E-state index contributed by atoms with van der Waals surface area (Å²) in [6.07, 6.45) is -0.189. The molecule has 1 aromatic carbocycles. The lowest BCUT2D eigenvalue weighted by atomic mass is 9.93. The second-order valence-corrected chi connectivity index (χ2v) is 5.20. The molecule has 1 aromatic rings. The molecule has 0 radical (unpaired) electrons. The third-order valence-electron chi connectivity index (χ3n) is 3.75. The molecule has 0 bridgehead atoms. The van der Waals surface area contributed by atoms with Crippen LogP contribution >= 0.6 is 0 Å². The van der Waals surface area contributed by atoms with Crippen LogP contribution in [0.15, 0.2) is 30.3 Å². The van der Waals surface area contributed by atoms with E-state index in [1.54, 1.807) is 7.05 Å². The number of carboxylic acids is 1. The molecule has 1 unspecified atom stereocenters. The predicted octanol–water partition coefficient (Wildman–Crippen LogP) is 1.89. The maximum atomic E-state index is 12.1. The minimum atomic E-state index is -0.955. The normalized spacial score (nSPS) is 21.0. The van der Waals surface area contributed by atoms with Crippen molar-refractivity contribution in [2.24, 2.45) is 0 Å². The van der Waals surface area contributed by atoms with Crippen LogP contribution in [0.4, 0.5) is 4.79 Å². The number of benzene rings is 1. The van der Waals surface area contributed by atoms with E-state index < -0.39 is 17.6 Å². The summed E-state index contributed by atoms with van der Waals surface area (Å²) in [6.45, 7) is 0.827. The zero-order valence-corrected chi connectivity index (χ0v) is 11.9. The molecule has 6 nitrogen and oxygen atoms in total. The molecule has 0 aliphatic carbocycles. The first-order valence-electron chi connectivity index (χ1n) is 6.77. The van der Waals surface area contributed by atoms with E-state index in [1.165, 1.54) is 4.90 Å². The van der Waals surface area contributed by atoms with Crippen molar-refractivity contribution in [1.82, 2.24) is 4.90 Å². The topological polar surface area (TPSA) is 76.1 Å². The molecule has 0 saturated carbocycles. The Kier molecular flexibility index (Phi) is 4.80. The van der Waals surface area contributed by atoms with E-state index in [9.17, 15) is 9.59 Å². The smallest absolute Gasteiger partial charge is 0.410 e. The molecule has 1 fully saturated rings. The number of aliphatic carboxylic acids is 1. The minimum absolute atomic E-state index is 0.149. The van der Waals surface area contributed by atoms with Crippen LogP contribution in [0.5, 0.6) is 0 Å². The Morgan fingerprint density at radius 2 is 2.10 bits per heavy atom. The van der Waals surface area contributed by atoms with E-state index in [0.717, 1.165) is 5.56 Å². The van der Waals surface area contributed by atoms with Crippen LogP contribution in [0.1, 0.15) is 18.4 Å². The van der Waals surface area contributed by atoms with Crippen LogP contribution in [0, 0.1) is 0 Å². The Balaban J connectivity index is 1.98. The fraction of sp³-hybridized carbons (Fsp3) is 0.467. The van der Waals surface area contributed by atoms with E-state index in [-0.39, 0.29) is 19.6 Å². The number of carbonyl (C=O) groups is 2. The van der Waals surface area contributed by atoms with Gasteiger partial charge in [-0.05, 0) is 12.0 Å². The molecule has 21 heavy (non-hydrogen) atoms. The standard InChI is InChI=1S/C15H19NO5/c1-16(15(9-13(17)18)7-8-20-11-15)14(19)21-10-12-5-3-2-4-6-12/h2-6H,7-11H2,1H3,(H,17,18). The lowest BCUT2D eigenvalue weighted by molar-refractivity contribution is -0.140. The van der Waals surface area contributed by atoms with Gasteiger partial charge in [0, 0.05) is 13.7 Å². The van der Waals surface area contributed by atoms with Gasteiger partial charge in [-0.2, -0.15) is 0 Å². The van der Waals surface area contributed by atoms with E-state index in [0.29, 0.717) is 13.0 Å². The van der Waals surface area contributed by atoms with Crippen molar-refractivity contribution in [1.29, 1.82) is 0 Å². The Labute approximate surface area is 123 Å². The first-order valence-corrected chi connectivity index (χ1v) is 6.77. The SMILES string of the molecule is CN(C(=O)OCc1ccccc1)C1(CC(=O)O)CCOC1. The average molecular weight is 293 g/mol. The zero-order valence-electron chi connectivity index (χ0n) is 11.9. The number of ether oxygens (including phenoxy) is 2. The van der Waals surface area contributed by atoms with Gasteiger partial charge >= 0.3 is 12.1 Å². The maximum absolute atomic E-state index is 12.1. The van der Waals surface area contributed by atoms with Crippen molar-refractivity contribution in [2.45, 2.75) is 25.0 Å². The Morgan fingerprint density at radius 1 is 1.38 bits per heavy atom. The highest BCUT2D eigenvalue weighted by atomic mass is 16.6. The highest BCUT2D eigenvalue weighted by Crippen LogP contribution is 2.29. The molecule has 1 aliphatic heterocycles. The second kappa shape index (κ2) is 6.58. The summed E-state index contributed by atoms with van der Waals surface area (Å²) < 4.78 is 10.5. The summed E-state index contributed by atoms with van der Waals surface area (Å²) >= 11 is 0. The molecule has 1 aliphatic rings. The first kappa shape index (κ1) is 15.3. The molecule has 1 amide bonds. The van der Waals surface area contributed by atoms with Gasteiger partial charge in [0.1, 0.15) is 6.61 Å². The number of likely N-dealkylation sites (N-methyl/N-ethyl adjacent to an activating group) is 1. The zero-order chi connectivity index (χ0) is 15.3. The van der Waals surface area contributed by atoms with Gasteiger partial charge in [-0.25, -0.2) is 4.79 Å². The number of hydrogen-bond acceptors (Lipinski definition) is 4. The highest BCUT2D eigenvalue weighted by molar-refractivity contribution is 5.73. The summed E-state index contributed by atoms with van der Waals surface area (Å²) in [5.41, 5.74) is 0.0637. The number of amides is 1. The Morgan fingerprint density at radius 3 is 2.67 bits per heavy atom. The number of hydrogen-bond donors (Lipinski definition) is 1. The molecule has 6 heteroatoms. The van der Waals surface area contributed by atoms with Crippen LogP contribution < -0.4 is 0 Å². The molecule has 1 N–H and O–H groups in total. The largest absolute Gasteiger partial charge is 0.481 e. The lowest BCUT2D eigenvalue weighted by Gasteiger charge is -2.35. The number of carboxylic acid groups (broad SMARTS) is 1. The van der Waals surface area contributed by atoms with Crippen molar-refractivity contribution in [3.63, 3.8) is 0 Å². The van der Waals surface area contributed by atoms with Gasteiger partial charge in [0.25, 0.3) is 0 Å². The summed E-state index contributed by atoms with van der Waals surface area (Å²) in [4.78, 5) is 24.5. The Bertz CT molecular complexity index is 496. The van der Waals surface area contributed by atoms with Gasteiger partial charge in [-0.3, -0.25) is 4.79 Å². The van der Waals surface area contributed by atoms with E-state index in [2.05, 4.69) is 0 Å². The fourth-order valence-corrected chi connectivity index (χ4v) is 2.41. The summed E-state index contributed by atoms with van der Waals surface area (Å²) in [5.74, 6) is -0.955. The van der Waals surface area contributed by atoms with Crippen molar-refractivity contribution in [2.75, 3.05) is 20.3 Å². The van der Waals surface area contributed by atoms with E-state index in [1.807, 2.05) is 30.3 Å². The van der Waals surface area contributed by atoms with Gasteiger partial charge in [0.2, 0.25) is 0 Å². The molecular formula is C15H19NO5. The number of carbonyl (C=O) groups excluding carboxylic acids is 1. The van der Waals surface area contributed by atoms with Crippen LogP contribution in [0.2, 0.25) is 0 Å². The van der Waals surface area contributed by atoms with Crippen LogP contribution in [-0.2, 0) is 20.9 Å². The molecule has 0 spiro atoms. The lowest BCUT2D eigenvalue weighted by Crippen LogP contribution is -2.51. The molecule has 2 rings (SSSR count). The second-order valence-electron chi connectivity index (χ2n) is 5.20. The van der Waals surface area contributed by atoms with Crippen LogP contribution in [0.3, 0.4) is 0 Å². The summed E-state index contributed by atoms with van der Waals surface area (Å²) in [7, 11) is 1.56. The average Bonchev–Trinajstić information content (AvgIpc) is 2.94. The number of rotatable bonds is 5. The third kappa shape index (κ3) is 3.72. The van der Waals surface area contributed by atoms with E-state index in [4.69, 9.17) is 14.6 Å².